The Kier molecular flexibility index (Phi) is 11.2. The molecule has 4 aromatic rings. The van der Waals surface area contributed by atoms with Gasteiger partial charge in [-0.25, -0.2) is 4.79 Å². The van der Waals surface area contributed by atoms with Crippen molar-refractivity contribution in [3.8, 4) is 22.6 Å². The predicted octanol–water partition coefficient (Wildman–Crippen LogP) is 7.05. The van der Waals surface area contributed by atoms with Crippen molar-refractivity contribution in [1.29, 1.82) is 0 Å². The highest BCUT2D eigenvalue weighted by Gasteiger charge is 2.30. The fraction of sp³-hybridized carbons (Fsp3) is 0.222. The van der Waals surface area contributed by atoms with Crippen LogP contribution in [0.1, 0.15) is 55.0 Å². The van der Waals surface area contributed by atoms with Gasteiger partial charge in [0.2, 0.25) is 0 Å². The van der Waals surface area contributed by atoms with Crippen molar-refractivity contribution < 1.29 is 46.6 Å². The van der Waals surface area contributed by atoms with Crippen LogP contribution in [0, 0.1) is 0 Å². The first kappa shape index (κ1) is 35.2. The molecule has 0 saturated heterocycles. The van der Waals surface area contributed by atoms with E-state index >= 15 is 0 Å². The molecule has 1 N–H and O–H groups in total. The van der Waals surface area contributed by atoms with Crippen LogP contribution >= 0.6 is 0 Å². The highest BCUT2D eigenvalue weighted by atomic mass is 19.4. The molecule has 48 heavy (non-hydrogen) atoms. The number of aryl methyl sites for hydroxylation is 1. The molecule has 4 aromatic carbocycles. The van der Waals surface area contributed by atoms with E-state index in [0.29, 0.717) is 24.0 Å². The maximum absolute atomic E-state index is 13.5. The number of benzene rings is 4. The Hall–Kier alpha value is -5.65. The number of esters is 2. The van der Waals surface area contributed by atoms with Gasteiger partial charge >= 0.3 is 18.1 Å². The van der Waals surface area contributed by atoms with E-state index in [1.807, 2.05) is 0 Å². The van der Waals surface area contributed by atoms with Gasteiger partial charge in [0.15, 0.2) is 0 Å². The fourth-order valence-corrected chi connectivity index (χ4v) is 4.87. The molecule has 4 rings (SSSR count). The topological polar surface area (TPSA) is 111 Å². The van der Waals surface area contributed by atoms with Gasteiger partial charge in [0.05, 0.1) is 31.0 Å². The molecule has 0 unspecified atom stereocenters. The highest BCUT2D eigenvalue weighted by Crippen LogP contribution is 2.32. The molecule has 0 aliphatic heterocycles. The second-order valence-electron chi connectivity index (χ2n) is 10.8. The van der Waals surface area contributed by atoms with Crippen molar-refractivity contribution >= 4 is 29.4 Å². The number of rotatable bonds is 11. The lowest BCUT2D eigenvalue weighted by atomic mass is 9.97. The zero-order chi connectivity index (χ0) is 35.0. The fourth-order valence-electron chi connectivity index (χ4n) is 4.87. The largest absolute Gasteiger partial charge is 0.496 e. The monoisotopic (exact) mass is 662 g/mol. The lowest BCUT2D eigenvalue weighted by Gasteiger charge is -2.17. The van der Waals surface area contributed by atoms with Crippen LogP contribution in [-0.2, 0) is 22.1 Å². The zero-order valence-corrected chi connectivity index (χ0v) is 26.6. The van der Waals surface area contributed by atoms with Crippen LogP contribution < -0.4 is 14.8 Å². The van der Waals surface area contributed by atoms with Crippen LogP contribution in [0.4, 0.5) is 18.9 Å². The third kappa shape index (κ3) is 8.58. The quantitative estimate of drug-likeness (QED) is 0.135. The summed E-state index contributed by atoms with van der Waals surface area (Å²) in [5, 5.41) is 2.78. The van der Waals surface area contributed by atoms with Gasteiger partial charge in [-0.05, 0) is 72.0 Å². The lowest BCUT2D eigenvalue weighted by Crippen LogP contribution is -2.24. The summed E-state index contributed by atoms with van der Waals surface area (Å²) < 4.78 is 54.5. The summed E-state index contributed by atoms with van der Waals surface area (Å²) in [6, 6.07) is 20.3. The average Bonchev–Trinajstić information content (AvgIpc) is 3.07. The molecule has 0 fully saturated rings. The lowest BCUT2D eigenvalue weighted by molar-refractivity contribution is -0.137. The van der Waals surface area contributed by atoms with Crippen molar-refractivity contribution in [2.24, 2.45) is 0 Å². The van der Waals surface area contributed by atoms with E-state index in [1.54, 1.807) is 56.6 Å². The van der Waals surface area contributed by atoms with E-state index in [0.717, 1.165) is 17.7 Å². The first-order valence-corrected chi connectivity index (χ1v) is 14.7. The van der Waals surface area contributed by atoms with Crippen molar-refractivity contribution in [2.75, 3.05) is 33.6 Å². The maximum Gasteiger partial charge on any atom is 0.416 e. The molecule has 0 spiro atoms. The molecule has 12 heteroatoms. The van der Waals surface area contributed by atoms with Gasteiger partial charge in [0.25, 0.3) is 11.8 Å². The molecule has 0 aliphatic rings. The Morgan fingerprint density at radius 3 is 2.17 bits per heavy atom. The molecule has 0 atom stereocenters. The molecular formula is C36H33F3N2O7. The third-order valence-electron chi connectivity index (χ3n) is 7.32. The number of ether oxygens (including phenoxy) is 3. The van der Waals surface area contributed by atoms with Gasteiger partial charge in [0, 0.05) is 32.1 Å². The minimum atomic E-state index is -4.49. The number of nitrogens with zero attached hydrogens (tertiary/aromatic N) is 1. The van der Waals surface area contributed by atoms with Crippen molar-refractivity contribution in [3.05, 3.63) is 113 Å². The number of halogens is 3. The summed E-state index contributed by atoms with van der Waals surface area (Å²) >= 11 is 0. The zero-order valence-electron chi connectivity index (χ0n) is 26.6. The van der Waals surface area contributed by atoms with E-state index in [1.165, 1.54) is 49.5 Å². The van der Waals surface area contributed by atoms with Gasteiger partial charge in [0.1, 0.15) is 17.1 Å². The van der Waals surface area contributed by atoms with Crippen molar-refractivity contribution in [1.82, 2.24) is 4.90 Å². The van der Waals surface area contributed by atoms with Gasteiger partial charge in [-0.15, -0.1) is 0 Å². The SMILES string of the molecule is COC(=O)c1ccc(OC(=O)CCCc2ccc(NC(=O)c3ccccc3-c3ccc(C(F)(F)F)cc3)c(C(=O)N(C)C)c2)cc1OC. The van der Waals surface area contributed by atoms with Crippen LogP contribution in [0.2, 0.25) is 0 Å². The first-order chi connectivity index (χ1) is 22.8. The van der Waals surface area contributed by atoms with Crippen LogP contribution in [0.25, 0.3) is 11.1 Å². The number of carbonyl (C=O) groups excluding carboxylic acids is 4. The second-order valence-corrected chi connectivity index (χ2v) is 10.8. The van der Waals surface area contributed by atoms with Crippen LogP contribution in [-0.4, -0.2) is 57.0 Å². The maximum atomic E-state index is 13.5. The number of alkyl halides is 3. The standard InChI is InChI=1S/C36H33F3N2O7/c1-41(2)34(44)29-20-22(8-7-11-32(42)48-25-17-18-28(35(45)47-4)31(21-25)46-3)12-19-30(29)40-33(43)27-10-6-5-9-26(27)23-13-15-24(16-14-23)36(37,38)39/h5-6,9-10,12-21H,7-8,11H2,1-4H3,(H,40,43). The van der Waals surface area contributed by atoms with Crippen LogP contribution in [0.3, 0.4) is 0 Å². The number of carbonyl (C=O) groups is 4. The minimum Gasteiger partial charge on any atom is -0.496 e. The van der Waals surface area contributed by atoms with E-state index in [9.17, 15) is 32.3 Å². The summed E-state index contributed by atoms with van der Waals surface area (Å²) in [4.78, 5) is 52.4. The van der Waals surface area contributed by atoms with Gasteiger partial charge in [-0.3, -0.25) is 14.4 Å². The highest BCUT2D eigenvalue weighted by molar-refractivity contribution is 6.11. The van der Waals surface area contributed by atoms with E-state index in [-0.39, 0.29) is 46.2 Å². The number of amides is 2. The van der Waals surface area contributed by atoms with Gasteiger partial charge < -0.3 is 24.4 Å². The molecular weight excluding hydrogens is 629 g/mol. The molecule has 2 amide bonds. The van der Waals surface area contributed by atoms with E-state index in [2.05, 4.69) is 5.32 Å². The Morgan fingerprint density at radius 1 is 0.812 bits per heavy atom. The Labute approximate surface area is 275 Å². The van der Waals surface area contributed by atoms with E-state index in [4.69, 9.17) is 14.2 Å². The number of nitrogens with one attached hydrogen (secondary N) is 1. The Bertz CT molecular complexity index is 1820. The summed E-state index contributed by atoms with van der Waals surface area (Å²) in [7, 11) is 5.77. The predicted molar refractivity (Wildman–Crippen MR) is 172 cm³/mol. The molecule has 0 saturated carbocycles. The summed E-state index contributed by atoms with van der Waals surface area (Å²) in [6.07, 6.45) is -3.64. The van der Waals surface area contributed by atoms with Crippen molar-refractivity contribution in [2.45, 2.75) is 25.4 Å². The molecule has 0 bridgehead atoms. The van der Waals surface area contributed by atoms with Gasteiger partial charge in [-0.1, -0.05) is 36.4 Å². The Morgan fingerprint density at radius 2 is 1.52 bits per heavy atom. The summed E-state index contributed by atoms with van der Waals surface area (Å²) in [5.41, 5.74) is 1.64. The summed E-state index contributed by atoms with van der Waals surface area (Å²) in [5.74, 6) is -1.63. The second kappa shape index (κ2) is 15.3. The molecule has 250 valence electrons. The number of hydrogen-bond acceptors (Lipinski definition) is 7. The van der Waals surface area contributed by atoms with Gasteiger partial charge in [-0.2, -0.15) is 13.2 Å². The molecule has 0 heterocycles. The van der Waals surface area contributed by atoms with Crippen LogP contribution in [0.5, 0.6) is 11.5 Å². The molecule has 0 aliphatic carbocycles. The Balaban J connectivity index is 1.46. The molecule has 9 nitrogen and oxygen atoms in total. The number of anilines is 1. The minimum absolute atomic E-state index is 0.0528. The van der Waals surface area contributed by atoms with Crippen LogP contribution in [0.15, 0.2) is 84.9 Å². The molecule has 0 aromatic heterocycles. The first-order valence-electron chi connectivity index (χ1n) is 14.7. The smallest absolute Gasteiger partial charge is 0.416 e. The molecule has 0 radical (unpaired) electrons. The number of methoxy groups -OCH3 is 2. The van der Waals surface area contributed by atoms with E-state index < -0.39 is 29.6 Å². The van der Waals surface area contributed by atoms with Crippen molar-refractivity contribution in [3.63, 3.8) is 0 Å². The average molecular weight is 663 g/mol. The third-order valence-corrected chi connectivity index (χ3v) is 7.32. The normalized spacial score (nSPS) is 11.0. The number of hydrogen-bond donors (Lipinski definition) is 1. The summed E-state index contributed by atoms with van der Waals surface area (Å²) in [6.45, 7) is 0.